The normalized spacial score (nSPS) is 44.5. The molecule has 13 nitrogen and oxygen atoms in total. The molecule has 2 heterocycles. The Balaban J connectivity index is 2.27. The van der Waals surface area contributed by atoms with Gasteiger partial charge in [0, 0.05) is 6.92 Å². The molecule has 1 amide bonds. The lowest BCUT2D eigenvalue weighted by Crippen LogP contribution is -2.68. The average molecular weight is 414 g/mol. The van der Waals surface area contributed by atoms with Gasteiger partial charge in [-0.2, -0.15) is 0 Å². The lowest BCUT2D eigenvalue weighted by Gasteiger charge is -2.46. The molecule has 0 radical (unpaired) electrons. The van der Waals surface area contributed by atoms with Crippen LogP contribution in [-0.4, -0.2) is 123 Å². The number of aliphatic hydroxyl groups is 6. The smallest absolute Gasteiger partial charge is 0.253 e. The Morgan fingerprint density at radius 3 is 2.11 bits per heavy atom. The second-order valence-electron chi connectivity index (χ2n) is 6.76. The van der Waals surface area contributed by atoms with E-state index in [9.17, 15) is 40.7 Å². The Morgan fingerprint density at radius 1 is 1.04 bits per heavy atom. The van der Waals surface area contributed by atoms with E-state index in [1.807, 2.05) is 0 Å². The molecule has 0 unspecified atom stereocenters. The second kappa shape index (κ2) is 9.69. The predicted molar refractivity (Wildman–Crippen MR) is 87.6 cm³/mol. The molecule has 13 heteroatoms. The first-order chi connectivity index (χ1) is 13.1. The maximum atomic E-state index is 11.4. The summed E-state index contributed by atoms with van der Waals surface area (Å²) in [7, 11) is 1.09. The summed E-state index contributed by atoms with van der Waals surface area (Å²) < 4.78 is 17.3. The Bertz CT molecular complexity index is 521. The van der Waals surface area contributed by atoms with Crippen molar-refractivity contribution in [2.45, 2.75) is 68.3 Å². The van der Waals surface area contributed by atoms with Crippen LogP contribution in [0.5, 0.6) is 0 Å². The molecule has 0 aromatic heterocycles. The number of hydrogen-bond donors (Lipinski definition) is 8. The number of rotatable bonds is 6. The SMILES string of the molecule is CC(=O)N[C@@H]1[C@@H](O[C@@H]2O[C@H](CO)[C@H](O)[C@H]([O+](C)O)[C@H]2O)[C@@H](O)[C@@H](CO)O[C@H]1O. The van der Waals surface area contributed by atoms with Gasteiger partial charge in [0.1, 0.15) is 30.5 Å². The molecule has 28 heavy (non-hydrogen) atoms. The molecular weight excluding hydrogens is 386 g/mol. The highest BCUT2D eigenvalue weighted by molar-refractivity contribution is 5.73. The van der Waals surface area contributed by atoms with Crippen LogP contribution in [0.1, 0.15) is 6.92 Å². The van der Waals surface area contributed by atoms with Gasteiger partial charge in [0.25, 0.3) is 6.10 Å². The predicted octanol–water partition coefficient (Wildman–Crippen LogP) is -4.59. The Kier molecular flexibility index (Phi) is 8.06. The van der Waals surface area contributed by atoms with Crippen molar-refractivity contribution in [3.63, 3.8) is 0 Å². The maximum Gasteiger partial charge on any atom is 0.253 e. The molecule has 10 atom stereocenters. The van der Waals surface area contributed by atoms with Gasteiger partial charge in [-0.25, -0.2) is 4.52 Å². The minimum absolute atomic E-state index is 0.576. The maximum absolute atomic E-state index is 11.4. The van der Waals surface area contributed by atoms with Gasteiger partial charge in [-0.15, -0.1) is 5.26 Å². The second-order valence-corrected chi connectivity index (χ2v) is 6.76. The van der Waals surface area contributed by atoms with Crippen LogP contribution in [-0.2, 0) is 23.5 Å². The van der Waals surface area contributed by atoms with Gasteiger partial charge in [-0.1, -0.05) is 0 Å². The van der Waals surface area contributed by atoms with Crippen LogP contribution < -0.4 is 5.32 Å². The zero-order valence-electron chi connectivity index (χ0n) is 15.4. The monoisotopic (exact) mass is 414 g/mol. The fourth-order valence-electron chi connectivity index (χ4n) is 3.36. The van der Waals surface area contributed by atoms with Gasteiger partial charge in [-0.3, -0.25) is 4.79 Å². The highest BCUT2D eigenvalue weighted by atomic mass is 17.2. The summed E-state index contributed by atoms with van der Waals surface area (Å²) in [5.74, 6) is -0.576. The van der Waals surface area contributed by atoms with Crippen LogP contribution in [0.25, 0.3) is 0 Å². The van der Waals surface area contributed by atoms with Crippen molar-refractivity contribution >= 4 is 5.91 Å². The first-order valence-corrected chi connectivity index (χ1v) is 8.63. The Labute approximate surface area is 160 Å². The summed E-state index contributed by atoms with van der Waals surface area (Å²) in [6.45, 7) is -0.188. The Hall–Kier alpha value is -0.970. The van der Waals surface area contributed by atoms with Gasteiger partial charge < -0.3 is 50.2 Å². The molecule has 2 aliphatic heterocycles. The van der Waals surface area contributed by atoms with E-state index in [-0.39, 0.29) is 0 Å². The van der Waals surface area contributed by atoms with E-state index in [1.165, 1.54) is 4.52 Å². The van der Waals surface area contributed by atoms with Gasteiger partial charge in [0.15, 0.2) is 31.9 Å². The van der Waals surface area contributed by atoms with Gasteiger partial charge in [-0.05, 0) is 0 Å². The molecule has 0 spiro atoms. The van der Waals surface area contributed by atoms with Crippen LogP contribution in [0.3, 0.4) is 0 Å². The summed E-state index contributed by atoms with van der Waals surface area (Å²) >= 11 is 0. The molecule has 2 aliphatic rings. The third-order valence-electron chi connectivity index (χ3n) is 4.75. The largest absolute Gasteiger partial charge is 0.394 e. The molecule has 0 aromatic rings. The van der Waals surface area contributed by atoms with Gasteiger partial charge in [0.2, 0.25) is 5.91 Å². The molecule has 2 fully saturated rings. The molecule has 8 N–H and O–H groups in total. The number of carbonyl (C=O) groups excluding carboxylic acids is 1. The molecule has 0 bridgehead atoms. The molecular formula is C15H28NO12+. The van der Waals surface area contributed by atoms with E-state index in [0.717, 1.165) is 14.0 Å². The average Bonchev–Trinajstić information content (AvgIpc) is 2.62. The standard InChI is InChI=1S/C15H27NO12/c1-5(19)16-8-12(9(20)6(3-17)25-14(8)23)27-15-11(22)13(28(2)24)10(21)7(4-18)26-15/h6-15,17-18,20-24H,3-4H2,1-2H3/p+1/t6-,7-,8-,9+,10+,11-,12-,13+,14-,15+/m1/s1. The first kappa shape index (κ1) is 23.3. The molecule has 2 rings (SSSR count). The lowest BCUT2D eigenvalue weighted by molar-refractivity contribution is -0.484. The van der Waals surface area contributed by atoms with Crippen LogP contribution in [0.15, 0.2) is 0 Å². The zero-order valence-corrected chi connectivity index (χ0v) is 15.4. The quantitative estimate of drug-likeness (QED) is 0.118. The lowest BCUT2D eigenvalue weighted by atomic mass is 9.95. The van der Waals surface area contributed by atoms with Crippen LogP contribution in [0, 0.1) is 0 Å². The summed E-state index contributed by atoms with van der Waals surface area (Å²) in [6.07, 6.45) is -13.3. The van der Waals surface area contributed by atoms with Crippen molar-refractivity contribution in [1.82, 2.24) is 5.32 Å². The van der Waals surface area contributed by atoms with E-state index in [0.29, 0.717) is 0 Å². The third-order valence-corrected chi connectivity index (χ3v) is 4.75. The van der Waals surface area contributed by atoms with Crippen molar-refractivity contribution in [3.05, 3.63) is 0 Å². The van der Waals surface area contributed by atoms with E-state index in [1.54, 1.807) is 0 Å². The number of ether oxygens (including phenoxy) is 3. The van der Waals surface area contributed by atoms with Crippen molar-refractivity contribution in [2.75, 3.05) is 20.3 Å². The van der Waals surface area contributed by atoms with Gasteiger partial charge in [0.05, 0.1) is 13.2 Å². The fraction of sp³-hybridized carbons (Fsp3) is 0.933. The van der Waals surface area contributed by atoms with E-state index < -0.39 is 80.5 Å². The summed E-state index contributed by atoms with van der Waals surface area (Å²) in [6, 6.07) is -1.29. The van der Waals surface area contributed by atoms with Crippen molar-refractivity contribution in [2.24, 2.45) is 0 Å². The van der Waals surface area contributed by atoms with Crippen molar-refractivity contribution < 1.29 is 59.4 Å². The van der Waals surface area contributed by atoms with Crippen LogP contribution >= 0.6 is 0 Å². The summed E-state index contributed by atoms with van der Waals surface area (Å²) in [5.41, 5.74) is 0. The highest BCUT2D eigenvalue weighted by Gasteiger charge is 2.55. The number of hydrogen-bond acceptors (Lipinski definition) is 11. The van der Waals surface area contributed by atoms with E-state index in [4.69, 9.17) is 14.2 Å². The number of amides is 1. The zero-order chi connectivity index (χ0) is 21.2. The van der Waals surface area contributed by atoms with Gasteiger partial charge >= 0.3 is 0 Å². The Morgan fingerprint density at radius 2 is 1.61 bits per heavy atom. The topological polar surface area (TPSA) is 201 Å². The molecule has 0 aliphatic carbocycles. The molecule has 2 saturated heterocycles. The molecule has 0 saturated carbocycles. The third kappa shape index (κ3) is 4.77. The molecule has 0 aromatic carbocycles. The molecule has 164 valence electrons. The van der Waals surface area contributed by atoms with Crippen LogP contribution in [0.2, 0.25) is 0 Å². The van der Waals surface area contributed by atoms with Crippen molar-refractivity contribution in [3.8, 4) is 0 Å². The number of aliphatic hydroxyl groups excluding tert-OH is 6. The number of nitrogens with one attached hydrogen (secondary N) is 1. The first-order valence-electron chi connectivity index (χ1n) is 8.63. The van der Waals surface area contributed by atoms with E-state index in [2.05, 4.69) is 5.32 Å². The fourth-order valence-corrected chi connectivity index (χ4v) is 3.36. The van der Waals surface area contributed by atoms with Crippen molar-refractivity contribution in [1.29, 1.82) is 0 Å². The summed E-state index contributed by atoms with van der Waals surface area (Å²) in [5, 5.41) is 71.8. The van der Waals surface area contributed by atoms with E-state index >= 15 is 0 Å². The highest BCUT2D eigenvalue weighted by Crippen LogP contribution is 2.30. The summed E-state index contributed by atoms with van der Waals surface area (Å²) in [4.78, 5) is 11.4. The minimum atomic E-state index is -1.67. The van der Waals surface area contributed by atoms with Crippen LogP contribution in [0.4, 0.5) is 0 Å². The number of carbonyl (C=O) groups is 1. The minimum Gasteiger partial charge on any atom is -0.394 e.